The van der Waals surface area contributed by atoms with E-state index >= 15 is 0 Å². The highest BCUT2D eigenvalue weighted by Gasteiger charge is 2.30. The van der Waals surface area contributed by atoms with Crippen LogP contribution < -0.4 is 11.1 Å². The van der Waals surface area contributed by atoms with Gasteiger partial charge in [0.25, 0.3) is 0 Å². The van der Waals surface area contributed by atoms with Crippen LogP contribution in [0.1, 0.15) is 33.1 Å². The topological polar surface area (TPSA) is 64.3 Å². The number of carbonyl (C=O) groups excluding carboxylic acids is 1. The Labute approximate surface area is 91.5 Å². The summed E-state index contributed by atoms with van der Waals surface area (Å²) in [4.78, 5) is 11.2. The van der Waals surface area contributed by atoms with Crippen LogP contribution in [0.25, 0.3) is 0 Å². The number of ether oxygens (including phenoxy) is 1. The molecule has 0 heterocycles. The number of rotatable bonds is 8. The minimum atomic E-state index is -0.724. The van der Waals surface area contributed by atoms with E-state index in [-0.39, 0.29) is 5.91 Å². The van der Waals surface area contributed by atoms with Crippen LogP contribution in [0.4, 0.5) is 0 Å². The molecule has 0 saturated heterocycles. The summed E-state index contributed by atoms with van der Waals surface area (Å²) in [6.07, 6.45) is 3.79. The fourth-order valence-corrected chi connectivity index (χ4v) is 1.53. The third kappa shape index (κ3) is 4.18. The summed E-state index contributed by atoms with van der Waals surface area (Å²) >= 11 is 0. The van der Waals surface area contributed by atoms with Gasteiger partial charge in [0.2, 0.25) is 5.91 Å². The Kier molecular flexibility index (Phi) is 4.54. The summed E-state index contributed by atoms with van der Waals surface area (Å²) < 4.78 is 5.50. The fourth-order valence-electron chi connectivity index (χ4n) is 1.53. The maximum atomic E-state index is 11.2. The van der Waals surface area contributed by atoms with Gasteiger partial charge in [-0.3, -0.25) is 4.79 Å². The first-order valence-corrected chi connectivity index (χ1v) is 5.71. The van der Waals surface area contributed by atoms with Crippen molar-refractivity contribution in [2.24, 2.45) is 11.7 Å². The quantitative estimate of drug-likeness (QED) is 0.583. The van der Waals surface area contributed by atoms with Crippen molar-refractivity contribution >= 4 is 5.91 Å². The first-order valence-electron chi connectivity index (χ1n) is 5.71. The lowest BCUT2D eigenvalue weighted by Gasteiger charge is -2.26. The molecule has 15 heavy (non-hydrogen) atoms. The Morgan fingerprint density at radius 3 is 2.73 bits per heavy atom. The number of likely N-dealkylation sites (N-methyl/N-ethyl adjacent to an activating group) is 1. The molecule has 1 aliphatic carbocycles. The van der Waals surface area contributed by atoms with Crippen LogP contribution >= 0.6 is 0 Å². The number of amides is 1. The van der Waals surface area contributed by atoms with Gasteiger partial charge in [0.1, 0.15) is 5.54 Å². The van der Waals surface area contributed by atoms with E-state index < -0.39 is 5.54 Å². The Bertz CT molecular complexity index is 217. The second-order valence-electron chi connectivity index (χ2n) is 4.51. The van der Waals surface area contributed by atoms with E-state index in [4.69, 9.17) is 10.5 Å². The number of carbonyl (C=O) groups is 1. The van der Waals surface area contributed by atoms with Crippen LogP contribution in [0.15, 0.2) is 0 Å². The van der Waals surface area contributed by atoms with Crippen molar-refractivity contribution < 1.29 is 9.53 Å². The minimum absolute atomic E-state index is 0.351. The van der Waals surface area contributed by atoms with Crippen LogP contribution in [0.3, 0.4) is 0 Å². The molecule has 0 aromatic heterocycles. The molecule has 0 aromatic carbocycles. The summed E-state index contributed by atoms with van der Waals surface area (Å²) in [5, 5.41) is 3.06. The van der Waals surface area contributed by atoms with Crippen LogP contribution in [0.2, 0.25) is 0 Å². The molecule has 4 nitrogen and oxygen atoms in total. The molecule has 1 amide bonds. The largest absolute Gasteiger partial charge is 0.379 e. The zero-order valence-electron chi connectivity index (χ0n) is 9.71. The fraction of sp³-hybridized carbons (Fsp3) is 0.909. The molecule has 1 fully saturated rings. The SMILES string of the molecule is CCNC(C)(COCCC1CC1)C(N)=O. The maximum Gasteiger partial charge on any atom is 0.239 e. The van der Waals surface area contributed by atoms with Gasteiger partial charge in [0.15, 0.2) is 0 Å². The zero-order valence-corrected chi connectivity index (χ0v) is 9.71. The normalized spacial score (nSPS) is 19.9. The monoisotopic (exact) mass is 214 g/mol. The Balaban J connectivity index is 2.20. The molecule has 1 rings (SSSR count). The molecule has 0 aliphatic heterocycles. The van der Waals surface area contributed by atoms with Crippen molar-refractivity contribution in [3.8, 4) is 0 Å². The molecule has 88 valence electrons. The van der Waals surface area contributed by atoms with Gasteiger partial charge in [-0.2, -0.15) is 0 Å². The first-order chi connectivity index (χ1) is 7.08. The summed E-state index contributed by atoms with van der Waals surface area (Å²) in [5.41, 5.74) is 4.61. The van der Waals surface area contributed by atoms with Crippen LogP contribution in [0.5, 0.6) is 0 Å². The summed E-state index contributed by atoms with van der Waals surface area (Å²) in [6, 6.07) is 0. The average molecular weight is 214 g/mol. The number of hydrogen-bond acceptors (Lipinski definition) is 3. The van der Waals surface area contributed by atoms with Crippen molar-refractivity contribution in [1.82, 2.24) is 5.32 Å². The Morgan fingerprint density at radius 2 is 2.27 bits per heavy atom. The minimum Gasteiger partial charge on any atom is -0.379 e. The van der Waals surface area contributed by atoms with Crippen LogP contribution in [0, 0.1) is 5.92 Å². The van der Waals surface area contributed by atoms with Gasteiger partial charge in [0.05, 0.1) is 6.61 Å². The van der Waals surface area contributed by atoms with Crippen LogP contribution in [-0.2, 0) is 9.53 Å². The molecule has 4 heteroatoms. The standard InChI is InChI=1S/C11H22N2O2/c1-3-13-11(2,10(12)14)8-15-7-6-9-4-5-9/h9,13H,3-8H2,1-2H3,(H2,12,14). The summed E-state index contributed by atoms with van der Waals surface area (Å²) in [6.45, 7) is 5.55. The number of nitrogens with two attached hydrogens (primary N) is 1. The molecular weight excluding hydrogens is 192 g/mol. The van der Waals surface area contributed by atoms with Crippen LogP contribution in [-0.4, -0.2) is 31.2 Å². The van der Waals surface area contributed by atoms with E-state index in [0.29, 0.717) is 13.2 Å². The maximum absolute atomic E-state index is 11.2. The molecule has 1 aliphatic rings. The van der Waals surface area contributed by atoms with E-state index in [1.807, 2.05) is 6.92 Å². The first kappa shape index (κ1) is 12.5. The molecule has 0 bridgehead atoms. The summed E-state index contributed by atoms with van der Waals surface area (Å²) in [5.74, 6) is 0.514. The highest BCUT2D eigenvalue weighted by atomic mass is 16.5. The Morgan fingerprint density at radius 1 is 1.60 bits per heavy atom. The lowest BCUT2D eigenvalue weighted by molar-refractivity contribution is -0.126. The highest BCUT2D eigenvalue weighted by Crippen LogP contribution is 2.32. The molecule has 1 unspecified atom stereocenters. The molecule has 1 atom stereocenters. The lowest BCUT2D eigenvalue weighted by atomic mass is 10.0. The van der Waals surface area contributed by atoms with Crippen molar-refractivity contribution in [2.45, 2.75) is 38.6 Å². The molecule has 0 aromatic rings. The molecule has 0 radical (unpaired) electrons. The van der Waals surface area contributed by atoms with Crippen molar-refractivity contribution in [1.29, 1.82) is 0 Å². The van der Waals surface area contributed by atoms with Gasteiger partial charge in [-0.25, -0.2) is 0 Å². The smallest absolute Gasteiger partial charge is 0.239 e. The molecule has 1 saturated carbocycles. The number of hydrogen-bond donors (Lipinski definition) is 2. The Hall–Kier alpha value is -0.610. The van der Waals surface area contributed by atoms with E-state index in [1.54, 1.807) is 6.92 Å². The summed E-state index contributed by atoms with van der Waals surface area (Å²) in [7, 11) is 0. The lowest BCUT2D eigenvalue weighted by Crippen LogP contribution is -2.56. The van der Waals surface area contributed by atoms with E-state index in [2.05, 4.69) is 5.32 Å². The van der Waals surface area contributed by atoms with Gasteiger partial charge in [-0.05, 0) is 25.8 Å². The third-order valence-corrected chi connectivity index (χ3v) is 2.87. The zero-order chi connectivity index (χ0) is 11.3. The van der Waals surface area contributed by atoms with Gasteiger partial charge in [0, 0.05) is 6.61 Å². The second-order valence-corrected chi connectivity index (χ2v) is 4.51. The van der Waals surface area contributed by atoms with Crippen molar-refractivity contribution in [3.63, 3.8) is 0 Å². The predicted octanol–water partition coefficient (Wildman–Crippen LogP) is 0.657. The highest BCUT2D eigenvalue weighted by molar-refractivity contribution is 5.84. The predicted molar refractivity (Wildman–Crippen MR) is 59.4 cm³/mol. The van der Waals surface area contributed by atoms with Gasteiger partial charge < -0.3 is 15.8 Å². The van der Waals surface area contributed by atoms with E-state index in [1.165, 1.54) is 12.8 Å². The van der Waals surface area contributed by atoms with Crippen molar-refractivity contribution in [2.75, 3.05) is 19.8 Å². The van der Waals surface area contributed by atoms with E-state index in [9.17, 15) is 4.79 Å². The molecule has 3 N–H and O–H groups in total. The second kappa shape index (κ2) is 5.47. The molecular formula is C11H22N2O2. The number of primary amides is 1. The van der Waals surface area contributed by atoms with Crippen molar-refractivity contribution in [3.05, 3.63) is 0 Å². The van der Waals surface area contributed by atoms with E-state index in [0.717, 1.165) is 18.9 Å². The van der Waals surface area contributed by atoms with Gasteiger partial charge in [-0.1, -0.05) is 19.8 Å². The number of nitrogens with one attached hydrogen (secondary N) is 1. The third-order valence-electron chi connectivity index (χ3n) is 2.87. The molecule has 0 spiro atoms. The van der Waals surface area contributed by atoms with Gasteiger partial charge in [-0.15, -0.1) is 0 Å². The van der Waals surface area contributed by atoms with Gasteiger partial charge >= 0.3 is 0 Å². The average Bonchev–Trinajstić information content (AvgIpc) is 2.96.